The van der Waals surface area contributed by atoms with Crippen LogP contribution in [-0.4, -0.2) is 23.4 Å². The molecule has 2 amide bonds. The molecule has 0 atom stereocenters. The lowest BCUT2D eigenvalue weighted by molar-refractivity contribution is 0.240. The number of rotatable bonds is 2. The van der Waals surface area contributed by atoms with Gasteiger partial charge in [0, 0.05) is 7.05 Å². The van der Waals surface area contributed by atoms with Gasteiger partial charge in [-0.25, -0.2) is 10.1 Å². The maximum absolute atomic E-state index is 10.5. The average Bonchev–Trinajstić information content (AvgIpc) is 1.87. The third kappa shape index (κ3) is 4.04. The van der Waals surface area contributed by atoms with Crippen molar-refractivity contribution in [2.75, 3.05) is 12.9 Å². The quantitative estimate of drug-likeness (QED) is 0.535. The predicted octanol–water partition coefficient (Wildman–Crippen LogP) is 1.30. The first-order valence-electron chi connectivity index (χ1n) is 2.37. The zero-order chi connectivity index (χ0) is 8.20. The van der Waals surface area contributed by atoms with Gasteiger partial charge in [0.15, 0.2) is 0 Å². The zero-order valence-electron chi connectivity index (χ0n) is 5.20. The first-order chi connectivity index (χ1) is 4.52. The number of hydrogen-bond donors (Lipinski definition) is 1. The standard InChI is InChI=1S/C4H6Cl3N2O/c1-8-3(10)9-4(6,7)2-5/h2H2,1H3,(H,9,10). The fraction of sp³-hybridized carbons (Fsp3) is 0.750. The van der Waals surface area contributed by atoms with Crippen molar-refractivity contribution in [2.24, 2.45) is 0 Å². The van der Waals surface area contributed by atoms with Gasteiger partial charge in [0.25, 0.3) is 0 Å². The molecule has 0 heterocycles. The minimum Gasteiger partial charge on any atom is -0.304 e. The first kappa shape index (κ1) is 10.1. The van der Waals surface area contributed by atoms with Gasteiger partial charge in [0.1, 0.15) is 0 Å². The van der Waals surface area contributed by atoms with Crippen LogP contribution in [0.4, 0.5) is 4.79 Å². The topological polar surface area (TPSA) is 43.2 Å². The van der Waals surface area contributed by atoms with Crippen molar-refractivity contribution in [3.05, 3.63) is 0 Å². The van der Waals surface area contributed by atoms with E-state index in [1.165, 1.54) is 7.05 Å². The number of amides is 2. The minimum absolute atomic E-state index is 0.0859. The lowest BCUT2D eigenvalue weighted by Crippen LogP contribution is -2.42. The van der Waals surface area contributed by atoms with Crippen molar-refractivity contribution < 1.29 is 4.79 Å². The van der Waals surface area contributed by atoms with Crippen LogP contribution in [0.25, 0.3) is 0 Å². The molecule has 6 heteroatoms. The van der Waals surface area contributed by atoms with Crippen LogP contribution in [0.1, 0.15) is 0 Å². The van der Waals surface area contributed by atoms with Crippen molar-refractivity contribution in [1.82, 2.24) is 10.6 Å². The highest BCUT2D eigenvalue weighted by Crippen LogP contribution is 2.17. The van der Waals surface area contributed by atoms with Gasteiger partial charge in [-0.2, -0.15) is 0 Å². The van der Waals surface area contributed by atoms with Crippen molar-refractivity contribution in [1.29, 1.82) is 0 Å². The number of alkyl halides is 3. The van der Waals surface area contributed by atoms with Gasteiger partial charge >= 0.3 is 6.03 Å². The summed E-state index contributed by atoms with van der Waals surface area (Å²) in [6, 6.07) is -0.592. The number of nitrogens with one attached hydrogen (secondary N) is 1. The van der Waals surface area contributed by atoms with E-state index < -0.39 is 10.5 Å². The Kier molecular flexibility index (Phi) is 4.17. The number of hydrogen-bond acceptors (Lipinski definition) is 1. The van der Waals surface area contributed by atoms with Crippen molar-refractivity contribution in [2.45, 2.75) is 4.46 Å². The summed E-state index contributed by atoms with van der Waals surface area (Å²) in [7, 11) is 1.33. The van der Waals surface area contributed by atoms with Crippen LogP contribution in [0.5, 0.6) is 0 Å². The summed E-state index contributed by atoms with van der Waals surface area (Å²) < 4.78 is -1.42. The van der Waals surface area contributed by atoms with Crippen LogP contribution in [0.2, 0.25) is 0 Å². The molecule has 0 unspecified atom stereocenters. The Hall–Kier alpha value is 0.140. The Balaban J connectivity index is 3.76. The molecule has 0 spiro atoms. The monoisotopic (exact) mass is 203 g/mol. The summed E-state index contributed by atoms with van der Waals surface area (Å²) in [5.74, 6) is -0.0859. The summed E-state index contributed by atoms with van der Waals surface area (Å²) in [5.41, 5.74) is 0. The molecule has 3 nitrogen and oxygen atoms in total. The van der Waals surface area contributed by atoms with Gasteiger partial charge in [0.2, 0.25) is 4.46 Å². The van der Waals surface area contributed by atoms with Gasteiger partial charge in [-0.1, -0.05) is 23.2 Å². The molecule has 0 aliphatic heterocycles. The van der Waals surface area contributed by atoms with Crippen LogP contribution < -0.4 is 10.6 Å². The van der Waals surface area contributed by atoms with Gasteiger partial charge in [-0.05, 0) is 0 Å². The van der Waals surface area contributed by atoms with Crippen LogP contribution in [0.15, 0.2) is 0 Å². The normalized spacial score (nSPS) is 10.8. The summed E-state index contributed by atoms with van der Waals surface area (Å²) >= 11 is 16.1. The number of halogens is 3. The van der Waals surface area contributed by atoms with E-state index in [4.69, 9.17) is 34.8 Å². The van der Waals surface area contributed by atoms with E-state index in [0.717, 1.165) is 0 Å². The fourth-order valence-corrected chi connectivity index (χ4v) is 0.474. The molecule has 1 N–H and O–H groups in total. The van der Waals surface area contributed by atoms with E-state index in [-0.39, 0.29) is 5.88 Å². The SMILES string of the molecule is C[N]C(=O)NC(Cl)(Cl)CCl. The molecule has 0 saturated carbocycles. The second kappa shape index (κ2) is 4.11. The Morgan fingerprint density at radius 1 is 1.70 bits per heavy atom. The highest BCUT2D eigenvalue weighted by molar-refractivity contribution is 6.51. The summed E-state index contributed by atoms with van der Waals surface area (Å²) in [4.78, 5) is 10.5. The summed E-state index contributed by atoms with van der Waals surface area (Å²) in [5, 5.41) is 5.39. The predicted molar refractivity (Wildman–Crippen MR) is 41.7 cm³/mol. The molecule has 0 fully saturated rings. The summed E-state index contributed by atoms with van der Waals surface area (Å²) in [6.45, 7) is 0. The van der Waals surface area contributed by atoms with Gasteiger partial charge < -0.3 is 5.32 Å². The molecule has 0 saturated heterocycles. The molecule has 0 aromatic heterocycles. The molecule has 10 heavy (non-hydrogen) atoms. The van der Waals surface area contributed by atoms with E-state index in [1.54, 1.807) is 0 Å². The number of carbonyl (C=O) groups is 1. The number of urea groups is 1. The molecular formula is C4H6Cl3N2O. The molecular weight excluding hydrogens is 198 g/mol. The van der Waals surface area contributed by atoms with Crippen LogP contribution in [0, 0.1) is 0 Å². The van der Waals surface area contributed by atoms with E-state index in [1.807, 2.05) is 0 Å². The van der Waals surface area contributed by atoms with E-state index in [2.05, 4.69) is 10.6 Å². The molecule has 0 aliphatic carbocycles. The van der Waals surface area contributed by atoms with Crippen molar-refractivity contribution >= 4 is 40.8 Å². The second-order valence-corrected chi connectivity index (χ2v) is 3.24. The van der Waals surface area contributed by atoms with Gasteiger partial charge in [-0.3, -0.25) is 0 Å². The molecule has 59 valence electrons. The maximum Gasteiger partial charge on any atom is 0.338 e. The third-order valence-electron chi connectivity index (χ3n) is 0.661. The molecule has 0 aliphatic rings. The van der Waals surface area contributed by atoms with E-state index >= 15 is 0 Å². The lowest BCUT2D eigenvalue weighted by atomic mass is 10.7. The maximum atomic E-state index is 10.5. The largest absolute Gasteiger partial charge is 0.338 e. The molecule has 1 radical (unpaired) electrons. The zero-order valence-corrected chi connectivity index (χ0v) is 7.46. The van der Waals surface area contributed by atoms with Gasteiger partial charge in [-0.15, -0.1) is 11.6 Å². The van der Waals surface area contributed by atoms with Crippen molar-refractivity contribution in [3.63, 3.8) is 0 Å². The second-order valence-electron chi connectivity index (χ2n) is 1.49. The van der Waals surface area contributed by atoms with Crippen LogP contribution in [0.3, 0.4) is 0 Å². The van der Waals surface area contributed by atoms with E-state index in [0.29, 0.717) is 0 Å². The highest BCUT2D eigenvalue weighted by Gasteiger charge is 2.24. The Labute approximate surface area is 74.0 Å². The number of nitrogens with zero attached hydrogens (tertiary/aromatic N) is 1. The van der Waals surface area contributed by atoms with Crippen LogP contribution in [-0.2, 0) is 0 Å². The number of carbonyl (C=O) groups excluding carboxylic acids is 1. The fourth-order valence-electron chi connectivity index (χ4n) is 0.246. The Bertz CT molecular complexity index is 128. The average molecular weight is 204 g/mol. The van der Waals surface area contributed by atoms with E-state index in [9.17, 15) is 4.79 Å². The minimum atomic E-state index is -1.42. The summed E-state index contributed by atoms with van der Waals surface area (Å²) in [6.07, 6.45) is 0. The molecule has 0 aromatic carbocycles. The first-order valence-corrected chi connectivity index (χ1v) is 3.66. The van der Waals surface area contributed by atoms with Gasteiger partial charge in [0.05, 0.1) is 5.88 Å². The molecule has 0 rings (SSSR count). The lowest BCUT2D eigenvalue weighted by Gasteiger charge is -2.16. The molecule has 0 aromatic rings. The smallest absolute Gasteiger partial charge is 0.304 e. The van der Waals surface area contributed by atoms with Crippen LogP contribution >= 0.6 is 34.8 Å². The molecule has 0 bridgehead atoms. The van der Waals surface area contributed by atoms with Crippen molar-refractivity contribution in [3.8, 4) is 0 Å². The Morgan fingerprint density at radius 3 is 2.50 bits per heavy atom. The highest BCUT2D eigenvalue weighted by atomic mass is 35.5. The third-order valence-corrected chi connectivity index (χ3v) is 1.79. The Morgan fingerprint density at radius 2 is 2.20 bits per heavy atom.